The predicted octanol–water partition coefficient (Wildman–Crippen LogP) is 2.77. The molecule has 5 nitrogen and oxygen atoms in total. The Kier molecular flexibility index (Phi) is 16.8. The molecule has 0 unspecified atom stereocenters. The minimum atomic E-state index is 0. The zero-order valence-electron chi connectivity index (χ0n) is 31.4. The summed E-state index contributed by atoms with van der Waals surface area (Å²) in [7, 11) is 9.39. The van der Waals surface area contributed by atoms with E-state index in [1.807, 2.05) is 0 Å². The number of aliphatic hydroxyl groups is 1. The van der Waals surface area contributed by atoms with E-state index >= 15 is 0 Å². The van der Waals surface area contributed by atoms with Gasteiger partial charge in [0.25, 0.3) is 0 Å². The SMILES string of the molecule is CCCC[N+](C)(C)CCCCN1c2cc(C(C)(C)C)ccc2N(CCCC[N+](C)(C)CCCO)c2cc(C(C)(C)C)ccc21.[Br-].[Br-]. The first-order chi connectivity index (χ1) is 20.5. The molecule has 0 aliphatic carbocycles. The van der Waals surface area contributed by atoms with Crippen LogP contribution in [-0.4, -0.2) is 88.1 Å². The third-order valence-electron chi connectivity index (χ3n) is 9.67. The number of nitrogens with zero attached hydrogens (tertiary/aromatic N) is 4. The van der Waals surface area contributed by atoms with Crippen LogP contribution in [0.1, 0.15) is 105 Å². The minimum absolute atomic E-state index is 0. The summed E-state index contributed by atoms with van der Waals surface area (Å²) in [6, 6.07) is 14.5. The van der Waals surface area contributed by atoms with Gasteiger partial charge in [-0.05, 0) is 78.3 Å². The fraction of sp³-hybridized carbons (Fsp3) is 0.692. The summed E-state index contributed by atoms with van der Waals surface area (Å²) in [6.45, 7) is 23.3. The van der Waals surface area contributed by atoms with Gasteiger partial charge in [-0.2, -0.15) is 0 Å². The van der Waals surface area contributed by atoms with E-state index in [0.717, 1.165) is 48.0 Å². The number of fused-ring (bicyclic) bond motifs is 2. The summed E-state index contributed by atoms with van der Waals surface area (Å²) in [5.74, 6) is 0. The maximum Gasteiger partial charge on any atom is 0.0804 e. The van der Waals surface area contributed by atoms with Gasteiger partial charge in [0.05, 0.1) is 77.1 Å². The number of quaternary nitrogens is 2. The summed E-state index contributed by atoms with van der Waals surface area (Å²) in [4.78, 5) is 5.27. The van der Waals surface area contributed by atoms with Crippen molar-refractivity contribution in [1.29, 1.82) is 0 Å². The highest BCUT2D eigenvalue weighted by Crippen LogP contribution is 2.50. The fourth-order valence-electron chi connectivity index (χ4n) is 6.54. The average Bonchev–Trinajstić information content (AvgIpc) is 2.94. The van der Waals surface area contributed by atoms with Gasteiger partial charge in [-0.15, -0.1) is 0 Å². The van der Waals surface area contributed by atoms with Gasteiger partial charge in [-0.25, -0.2) is 0 Å². The Morgan fingerprint density at radius 1 is 0.543 bits per heavy atom. The molecule has 1 aliphatic rings. The summed E-state index contributed by atoms with van der Waals surface area (Å²) >= 11 is 0. The molecule has 0 fully saturated rings. The van der Waals surface area contributed by atoms with Crippen molar-refractivity contribution >= 4 is 22.7 Å². The number of benzene rings is 2. The van der Waals surface area contributed by atoms with Gasteiger partial charge < -0.3 is 57.8 Å². The van der Waals surface area contributed by atoms with Gasteiger partial charge in [0, 0.05) is 26.1 Å². The van der Waals surface area contributed by atoms with Crippen LogP contribution in [0.25, 0.3) is 0 Å². The standard InChI is InChI=1S/C39H68N4O.2BrH/c1-12-13-25-42(8,9)26-16-14-23-40-34-21-19-33(39(5,6)7)31-37(34)41(24-15-17-27-43(10,11)28-18-29-44)35-22-20-32(30-36(35)40)38(2,3)4;;/h19-22,30-31,44H,12-18,23-29H2,1-11H3;2*1H/q+2;;/p-2. The van der Waals surface area contributed by atoms with E-state index in [1.54, 1.807) is 0 Å². The monoisotopic (exact) mass is 766 g/mol. The maximum absolute atomic E-state index is 9.34. The van der Waals surface area contributed by atoms with E-state index in [4.69, 9.17) is 0 Å². The van der Waals surface area contributed by atoms with Crippen LogP contribution in [0, 0.1) is 0 Å². The fourth-order valence-corrected chi connectivity index (χ4v) is 6.54. The zero-order chi connectivity index (χ0) is 32.8. The van der Waals surface area contributed by atoms with Crippen molar-refractivity contribution < 1.29 is 48.0 Å². The number of unbranched alkanes of at least 4 members (excludes halogenated alkanes) is 3. The summed E-state index contributed by atoms with van der Waals surface area (Å²) < 4.78 is 2.09. The number of halogens is 2. The minimum Gasteiger partial charge on any atom is -1.00 e. The van der Waals surface area contributed by atoms with Crippen LogP contribution >= 0.6 is 0 Å². The van der Waals surface area contributed by atoms with Crippen molar-refractivity contribution in [2.45, 2.75) is 104 Å². The van der Waals surface area contributed by atoms with Crippen LogP contribution in [-0.2, 0) is 10.8 Å². The smallest absolute Gasteiger partial charge is 0.0804 e. The van der Waals surface area contributed by atoms with Crippen molar-refractivity contribution in [3.63, 3.8) is 0 Å². The molecule has 0 spiro atoms. The molecule has 46 heavy (non-hydrogen) atoms. The van der Waals surface area contributed by atoms with Crippen molar-refractivity contribution in [1.82, 2.24) is 0 Å². The van der Waals surface area contributed by atoms with Crippen molar-refractivity contribution in [3.05, 3.63) is 47.5 Å². The number of hydrogen-bond donors (Lipinski definition) is 1. The van der Waals surface area contributed by atoms with Gasteiger partial charge in [-0.1, -0.05) is 67.0 Å². The Balaban J connectivity index is 0.00000529. The van der Waals surface area contributed by atoms with Crippen molar-refractivity contribution in [3.8, 4) is 0 Å². The molecule has 264 valence electrons. The number of anilines is 4. The lowest BCUT2D eigenvalue weighted by atomic mass is 9.85. The summed E-state index contributed by atoms with van der Waals surface area (Å²) in [5.41, 5.74) is 8.43. The third-order valence-corrected chi connectivity index (χ3v) is 9.67. The van der Waals surface area contributed by atoms with Gasteiger partial charge in [0.2, 0.25) is 0 Å². The van der Waals surface area contributed by atoms with Crippen molar-refractivity contribution in [2.24, 2.45) is 0 Å². The van der Waals surface area contributed by atoms with Crippen LogP contribution in [0.2, 0.25) is 0 Å². The molecule has 0 saturated carbocycles. The molecule has 0 amide bonds. The Bertz CT molecular complexity index is 1110. The van der Waals surface area contributed by atoms with Gasteiger partial charge >= 0.3 is 0 Å². The lowest BCUT2D eigenvalue weighted by Gasteiger charge is -2.42. The Labute approximate surface area is 305 Å². The van der Waals surface area contributed by atoms with Crippen LogP contribution in [0.4, 0.5) is 22.7 Å². The number of rotatable bonds is 16. The molecule has 0 atom stereocenters. The highest BCUT2D eigenvalue weighted by Gasteiger charge is 2.31. The molecule has 7 heteroatoms. The molecule has 2 aromatic carbocycles. The second-order valence-electron chi connectivity index (χ2n) is 16.8. The first-order valence-electron chi connectivity index (χ1n) is 17.6. The van der Waals surface area contributed by atoms with Crippen molar-refractivity contribution in [2.75, 3.05) is 83.9 Å². The van der Waals surface area contributed by atoms with Gasteiger partial charge in [0.15, 0.2) is 0 Å². The maximum atomic E-state index is 9.34. The second-order valence-corrected chi connectivity index (χ2v) is 16.8. The van der Waals surface area contributed by atoms with Gasteiger partial charge in [-0.3, -0.25) is 0 Å². The largest absolute Gasteiger partial charge is 1.00 e. The molecule has 0 saturated heterocycles. The van der Waals surface area contributed by atoms with Crippen LogP contribution in [0.5, 0.6) is 0 Å². The van der Waals surface area contributed by atoms with Gasteiger partial charge in [0.1, 0.15) is 0 Å². The molecule has 1 aliphatic heterocycles. The molecule has 2 aromatic rings. The summed E-state index contributed by atoms with van der Waals surface area (Å²) in [6.07, 6.45) is 8.20. The quantitative estimate of drug-likeness (QED) is 0.211. The lowest BCUT2D eigenvalue weighted by Crippen LogP contribution is -3.00. The highest BCUT2D eigenvalue weighted by molar-refractivity contribution is 5.94. The molecule has 0 bridgehead atoms. The molecular formula is C39H68Br2N4O. The normalized spacial score (nSPS) is 13.6. The zero-order valence-corrected chi connectivity index (χ0v) is 34.5. The second kappa shape index (κ2) is 18.0. The molecular weight excluding hydrogens is 700 g/mol. The van der Waals surface area contributed by atoms with E-state index in [9.17, 15) is 5.11 Å². The molecule has 3 rings (SSSR count). The van der Waals surface area contributed by atoms with Crippen LogP contribution < -0.4 is 43.8 Å². The number of hydrogen-bond acceptors (Lipinski definition) is 3. The first kappa shape index (κ1) is 42.9. The van der Waals surface area contributed by atoms with E-state index in [-0.39, 0.29) is 51.4 Å². The Morgan fingerprint density at radius 2 is 0.913 bits per heavy atom. The summed E-state index contributed by atoms with van der Waals surface area (Å²) in [5, 5.41) is 9.34. The molecule has 1 heterocycles. The molecule has 0 radical (unpaired) electrons. The van der Waals surface area contributed by atoms with E-state index < -0.39 is 0 Å². The van der Waals surface area contributed by atoms with E-state index in [2.05, 4.69) is 123 Å². The molecule has 1 N–H and O–H groups in total. The average molecular weight is 769 g/mol. The van der Waals surface area contributed by atoms with E-state index in [1.165, 1.54) is 79.1 Å². The Morgan fingerprint density at radius 3 is 1.26 bits per heavy atom. The topological polar surface area (TPSA) is 26.7 Å². The number of aliphatic hydroxyl groups excluding tert-OH is 1. The van der Waals surface area contributed by atoms with Crippen LogP contribution in [0.15, 0.2) is 36.4 Å². The third kappa shape index (κ3) is 12.1. The molecule has 0 aromatic heterocycles. The van der Waals surface area contributed by atoms with E-state index in [0.29, 0.717) is 0 Å². The Hall–Kier alpha value is -1.12. The first-order valence-corrected chi connectivity index (χ1v) is 17.6. The lowest BCUT2D eigenvalue weighted by molar-refractivity contribution is -0.890. The predicted molar refractivity (Wildman–Crippen MR) is 193 cm³/mol. The van der Waals surface area contributed by atoms with Crippen LogP contribution in [0.3, 0.4) is 0 Å². The highest BCUT2D eigenvalue weighted by atomic mass is 79.9.